The molecule has 0 saturated heterocycles. The number of anilines is 1. The number of carbonyl (C=O) groups is 1. The molecule has 162 valence electrons. The fourth-order valence-corrected chi connectivity index (χ4v) is 4.14. The molecule has 3 aromatic carbocycles. The normalized spacial score (nSPS) is 11.2. The van der Waals surface area contributed by atoms with Gasteiger partial charge >= 0.3 is 0 Å². The fourth-order valence-electron chi connectivity index (χ4n) is 3.04. The topological polar surface area (TPSA) is 104 Å². The van der Waals surface area contributed by atoms with E-state index in [0.717, 1.165) is 29.0 Å². The van der Waals surface area contributed by atoms with E-state index in [9.17, 15) is 17.6 Å². The third-order valence-electron chi connectivity index (χ3n) is 4.72. The van der Waals surface area contributed by atoms with E-state index in [1.165, 1.54) is 36.4 Å². The van der Waals surface area contributed by atoms with Gasteiger partial charge in [0.25, 0.3) is 15.9 Å². The number of aromatic nitrogens is 2. The minimum absolute atomic E-state index is 0.0709. The Hall–Kier alpha value is -3.98. The number of hydrogen-bond donors (Lipinski definition) is 3. The Bertz CT molecular complexity index is 1320. The number of nitrogens with one attached hydrogen (secondary N) is 3. The van der Waals surface area contributed by atoms with Crippen molar-refractivity contribution in [2.75, 3.05) is 4.72 Å². The summed E-state index contributed by atoms with van der Waals surface area (Å²) in [7, 11) is -3.94. The van der Waals surface area contributed by atoms with Crippen LogP contribution in [0, 0.1) is 5.82 Å². The number of aromatic amines is 1. The molecule has 0 unspecified atom stereocenters. The van der Waals surface area contributed by atoms with Gasteiger partial charge in [0.1, 0.15) is 5.82 Å². The molecule has 0 saturated carbocycles. The minimum atomic E-state index is -3.94. The Labute approximate surface area is 184 Å². The highest BCUT2D eigenvalue weighted by molar-refractivity contribution is 7.92. The molecule has 0 aliphatic carbocycles. The van der Waals surface area contributed by atoms with Gasteiger partial charge in [0.15, 0.2) is 0 Å². The quantitative estimate of drug-likeness (QED) is 0.397. The van der Waals surface area contributed by atoms with E-state index >= 15 is 0 Å². The van der Waals surface area contributed by atoms with Gasteiger partial charge in [-0.25, -0.2) is 12.8 Å². The molecule has 4 rings (SSSR count). The number of rotatable bonds is 7. The summed E-state index contributed by atoms with van der Waals surface area (Å²) >= 11 is 0. The summed E-state index contributed by atoms with van der Waals surface area (Å²) < 4.78 is 40.7. The predicted molar refractivity (Wildman–Crippen MR) is 119 cm³/mol. The molecular formula is C23H19FN4O3S. The third kappa shape index (κ3) is 5.01. The molecule has 0 fully saturated rings. The Balaban J connectivity index is 1.42. The van der Waals surface area contributed by atoms with Gasteiger partial charge in [-0.05, 0) is 59.7 Å². The monoisotopic (exact) mass is 450 g/mol. The maximum atomic E-state index is 13.0. The lowest BCUT2D eigenvalue weighted by Crippen LogP contribution is -2.23. The largest absolute Gasteiger partial charge is 0.348 e. The van der Waals surface area contributed by atoms with E-state index in [2.05, 4.69) is 20.2 Å². The summed E-state index contributed by atoms with van der Waals surface area (Å²) in [4.78, 5) is 12.5. The first kappa shape index (κ1) is 21.3. The predicted octanol–water partition coefficient (Wildman–Crippen LogP) is 3.95. The molecule has 0 spiro atoms. The van der Waals surface area contributed by atoms with Gasteiger partial charge in [-0.15, -0.1) is 0 Å². The molecule has 0 aliphatic heterocycles. The molecular weight excluding hydrogens is 431 g/mol. The van der Waals surface area contributed by atoms with Gasteiger partial charge < -0.3 is 5.32 Å². The van der Waals surface area contributed by atoms with E-state index < -0.39 is 21.7 Å². The molecule has 9 heteroatoms. The van der Waals surface area contributed by atoms with Crippen molar-refractivity contribution in [2.45, 2.75) is 11.4 Å². The lowest BCUT2D eigenvalue weighted by molar-refractivity contribution is 0.0950. The lowest BCUT2D eigenvalue weighted by Gasteiger charge is -2.10. The number of H-pyrrole nitrogens is 1. The van der Waals surface area contributed by atoms with Crippen LogP contribution in [0.5, 0.6) is 0 Å². The van der Waals surface area contributed by atoms with Crippen LogP contribution in [-0.2, 0) is 16.6 Å². The number of halogens is 1. The summed E-state index contributed by atoms with van der Waals surface area (Å²) in [6.45, 7) is 0.285. The molecule has 32 heavy (non-hydrogen) atoms. The summed E-state index contributed by atoms with van der Waals surface area (Å²) in [6, 6.07) is 20.2. The highest BCUT2D eigenvalue weighted by Crippen LogP contribution is 2.19. The Morgan fingerprint density at radius 2 is 1.72 bits per heavy atom. The fraction of sp³-hybridized carbons (Fsp3) is 0.0435. The minimum Gasteiger partial charge on any atom is -0.348 e. The van der Waals surface area contributed by atoms with Crippen LogP contribution in [0.15, 0.2) is 90.0 Å². The Morgan fingerprint density at radius 3 is 2.41 bits per heavy atom. The first-order valence-electron chi connectivity index (χ1n) is 9.66. The molecule has 1 aromatic heterocycles. The van der Waals surface area contributed by atoms with E-state index in [0.29, 0.717) is 0 Å². The van der Waals surface area contributed by atoms with E-state index in [4.69, 9.17) is 0 Å². The van der Waals surface area contributed by atoms with Crippen molar-refractivity contribution < 1.29 is 17.6 Å². The molecule has 1 heterocycles. The average molecular weight is 450 g/mol. The van der Waals surface area contributed by atoms with Crippen LogP contribution in [0.4, 0.5) is 10.1 Å². The zero-order valence-corrected chi connectivity index (χ0v) is 17.6. The number of hydrogen-bond acceptors (Lipinski definition) is 4. The van der Waals surface area contributed by atoms with Gasteiger partial charge in [0.05, 0.1) is 10.6 Å². The van der Waals surface area contributed by atoms with Crippen molar-refractivity contribution in [3.63, 3.8) is 0 Å². The Morgan fingerprint density at radius 1 is 0.969 bits per heavy atom. The molecule has 0 radical (unpaired) electrons. The van der Waals surface area contributed by atoms with Crippen LogP contribution in [0.2, 0.25) is 0 Å². The highest BCUT2D eigenvalue weighted by Gasteiger charge is 2.16. The standard InChI is InChI=1S/C23H19FN4O3S/c24-19-8-10-20(11-9-19)28-32(30,31)21-3-1-2-18(14-21)23(29)25-15-16-4-6-17(7-5-16)22-12-13-26-27-22/h1-14,28H,15H2,(H,25,29)(H,26,27). The zero-order valence-electron chi connectivity index (χ0n) is 16.7. The average Bonchev–Trinajstić information content (AvgIpc) is 3.34. The SMILES string of the molecule is O=C(NCc1ccc(-c2ccn[nH]2)cc1)c1cccc(S(=O)(=O)Nc2ccc(F)cc2)c1. The molecule has 3 N–H and O–H groups in total. The first-order chi connectivity index (χ1) is 15.4. The molecule has 0 atom stereocenters. The second-order valence-electron chi connectivity index (χ2n) is 6.99. The summed E-state index contributed by atoms with van der Waals surface area (Å²) in [5.41, 5.74) is 3.20. The van der Waals surface area contributed by atoms with E-state index in [1.54, 1.807) is 6.20 Å². The maximum absolute atomic E-state index is 13.0. The van der Waals surface area contributed by atoms with Crippen LogP contribution in [0.1, 0.15) is 15.9 Å². The number of amides is 1. The van der Waals surface area contributed by atoms with Gasteiger partial charge in [-0.3, -0.25) is 14.6 Å². The van der Waals surface area contributed by atoms with Crippen LogP contribution < -0.4 is 10.0 Å². The zero-order chi connectivity index (χ0) is 22.6. The summed E-state index contributed by atoms with van der Waals surface area (Å²) in [5, 5.41) is 9.60. The van der Waals surface area contributed by atoms with Gasteiger partial charge in [0.2, 0.25) is 0 Å². The van der Waals surface area contributed by atoms with Gasteiger partial charge in [0, 0.05) is 24.0 Å². The van der Waals surface area contributed by atoms with Crippen LogP contribution in [0.25, 0.3) is 11.3 Å². The first-order valence-corrected chi connectivity index (χ1v) is 11.1. The van der Waals surface area contributed by atoms with Crippen molar-refractivity contribution in [2.24, 2.45) is 0 Å². The van der Waals surface area contributed by atoms with Gasteiger partial charge in [-0.2, -0.15) is 5.10 Å². The van der Waals surface area contributed by atoms with Crippen LogP contribution >= 0.6 is 0 Å². The van der Waals surface area contributed by atoms with Crippen molar-refractivity contribution in [1.82, 2.24) is 15.5 Å². The maximum Gasteiger partial charge on any atom is 0.261 e. The summed E-state index contributed by atoms with van der Waals surface area (Å²) in [6.07, 6.45) is 1.67. The molecule has 0 bridgehead atoms. The highest BCUT2D eigenvalue weighted by atomic mass is 32.2. The van der Waals surface area contributed by atoms with Crippen LogP contribution in [0.3, 0.4) is 0 Å². The van der Waals surface area contributed by atoms with Crippen molar-refractivity contribution in [3.05, 3.63) is 102 Å². The molecule has 0 aliphatic rings. The van der Waals surface area contributed by atoms with Crippen molar-refractivity contribution in [3.8, 4) is 11.3 Å². The molecule has 1 amide bonds. The smallest absolute Gasteiger partial charge is 0.261 e. The number of nitrogens with zero attached hydrogens (tertiary/aromatic N) is 1. The summed E-state index contributed by atoms with van der Waals surface area (Å²) in [5.74, 6) is -0.871. The lowest BCUT2D eigenvalue weighted by atomic mass is 10.1. The number of carbonyl (C=O) groups excluding carboxylic acids is 1. The van der Waals surface area contributed by atoms with Crippen molar-refractivity contribution >= 4 is 21.6 Å². The third-order valence-corrected chi connectivity index (χ3v) is 6.10. The number of benzene rings is 3. The molecule has 7 nitrogen and oxygen atoms in total. The van der Waals surface area contributed by atoms with Crippen molar-refractivity contribution in [1.29, 1.82) is 0 Å². The second kappa shape index (κ2) is 9.03. The Kier molecular flexibility index (Phi) is 6.00. The molecule has 4 aromatic rings. The second-order valence-corrected chi connectivity index (χ2v) is 8.67. The number of sulfonamides is 1. The van der Waals surface area contributed by atoms with E-state index in [-0.39, 0.29) is 22.7 Å². The van der Waals surface area contributed by atoms with Gasteiger partial charge in [-0.1, -0.05) is 30.3 Å². The van der Waals surface area contributed by atoms with E-state index in [1.807, 2.05) is 30.3 Å². The van der Waals surface area contributed by atoms with Crippen LogP contribution in [-0.4, -0.2) is 24.5 Å².